The number of aliphatic hydroxyl groups excluding tert-OH is 2. The van der Waals surface area contributed by atoms with Crippen molar-refractivity contribution in [3.05, 3.63) is 0 Å². The Labute approximate surface area is 70.5 Å². The van der Waals surface area contributed by atoms with E-state index < -0.39 is 12.2 Å². The van der Waals surface area contributed by atoms with Gasteiger partial charge in [-0.1, -0.05) is 0 Å². The van der Waals surface area contributed by atoms with E-state index in [1.165, 1.54) is 0 Å². The molecule has 0 amide bonds. The molecule has 2 heterocycles. The number of fused-ring (bicyclic) bond motifs is 2. The van der Waals surface area contributed by atoms with Crippen molar-refractivity contribution in [3.8, 4) is 0 Å². The van der Waals surface area contributed by atoms with E-state index in [0.717, 1.165) is 0 Å². The molecule has 2 rings (SSSR count). The third kappa shape index (κ3) is 1.50. The average molecular weight is 183 g/mol. The van der Waals surface area contributed by atoms with Gasteiger partial charge in [-0.05, 0) is 0 Å². The van der Waals surface area contributed by atoms with Crippen LogP contribution >= 0.6 is 12.4 Å². The van der Waals surface area contributed by atoms with Crippen LogP contribution in [0.1, 0.15) is 6.42 Å². The highest BCUT2D eigenvalue weighted by Gasteiger charge is 2.42. The van der Waals surface area contributed by atoms with Gasteiger partial charge >= 0.3 is 0 Å². The third-order valence-corrected chi connectivity index (χ3v) is 1.98. The van der Waals surface area contributed by atoms with Crippen molar-refractivity contribution in [1.82, 2.24) is 0 Å². The third-order valence-electron chi connectivity index (χ3n) is 1.98. The van der Waals surface area contributed by atoms with Gasteiger partial charge in [0.15, 0.2) is 6.29 Å². The smallest absolute Gasteiger partial charge is 0.160 e. The minimum Gasteiger partial charge on any atom is -0.390 e. The zero-order chi connectivity index (χ0) is 7.14. The molecule has 2 aliphatic heterocycles. The quantitative estimate of drug-likeness (QED) is 0.519. The molecule has 4 atom stereocenters. The van der Waals surface area contributed by atoms with Gasteiger partial charge in [-0.3, -0.25) is 0 Å². The van der Waals surface area contributed by atoms with Crippen LogP contribution in [0.4, 0.5) is 0 Å². The molecule has 66 valence electrons. The normalized spacial score (nSPS) is 48.5. The van der Waals surface area contributed by atoms with Crippen LogP contribution in [-0.4, -0.2) is 41.4 Å². The van der Waals surface area contributed by atoms with E-state index in [1.807, 2.05) is 0 Å². The molecule has 5 heteroatoms. The highest BCUT2D eigenvalue weighted by molar-refractivity contribution is 5.85. The number of hydrogen-bond donors (Lipinski definition) is 2. The average Bonchev–Trinajstić information content (AvgIpc) is 2.29. The first-order valence-corrected chi connectivity index (χ1v) is 3.40. The molecule has 4 nitrogen and oxygen atoms in total. The van der Waals surface area contributed by atoms with Gasteiger partial charge in [-0.2, -0.15) is 0 Å². The minimum absolute atomic E-state index is 0. The van der Waals surface area contributed by atoms with Gasteiger partial charge in [0.05, 0.1) is 12.7 Å². The summed E-state index contributed by atoms with van der Waals surface area (Å²) in [4.78, 5) is 0. The molecule has 0 saturated carbocycles. The largest absolute Gasteiger partial charge is 0.390 e. The van der Waals surface area contributed by atoms with Gasteiger partial charge in [0.1, 0.15) is 12.2 Å². The topological polar surface area (TPSA) is 58.9 Å². The number of hydrogen-bond acceptors (Lipinski definition) is 4. The van der Waals surface area contributed by atoms with Gasteiger partial charge < -0.3 is 19.7 Å². The summed E-state index contributed by atoms with van der Waals surface area (Å²) in [6.07, 6.45) is -1.65. The number of ether oxygens (including phenoxy) is 2. The van der Waals surface area contributed by atoms with Crippen LogP contribution in [-0.2, 0) is 9.47 Å². The van der Waals surface area contributed by atoms with E-state index in [1.54, 1.807) is 0 Å². The van der Waals surface area contributed by atoms with Crippen LogP contribution < -0.4 is 0 Å². The SMILES string of the molecule is Cl.OC1CC2OCC(O2)C1O. The van der Waals surface area contributed by atoms with Gasteiger partial charge in [-0.25, -0.2) is 0 Å². The number of halogens is 1. The summed E-state index contributed by atoms with van der Waals surface area (Å²) in [6.45, 7) is 0.406. The van der Waals surface area contributed by atoms with E-state index in [-0.39, 0.29) is 24.8 Å². The van der Waals surface area contributed by atoms with Crippen LogP contribution in [0.15, 0.2) is 0 Å². The molecule has 2 aliphatic rings. The lowest BCUT2D eigenvalue weighted by molar-refractivity contribution is -0.165. The van der Waals surface area contributed by atoms with Crippen molar-refractivity contribution >= 4 is 12.4 Å². The number of rotatable bonds is 0. The van der Waals surface area contributed by atoms with Gasteiger partial charge in [0, 0.05) is 6.42 Å². The molecule has 0 aromatic heterocycles. The van der Waals surface area contributed by atoms with Crippen molar-refractivity contribution in [2.24, 2.45) is 0 Å². The Morgan fingerprint density at radius 2 is 2.00 bits per heavy atom. The predicted molar refractivity (Wildman–Crippen MR) is 38.5 cm³/mol. The van der Waals surface area contributed by atoms with E-state index in [9.17, 15) is 5.11 Å². The molecule has 0 aromatic carbocycles. The summed E-state index contributed by atoms with van der Waals surface area (Å²) in [7, 11) is 0. The van der Waals surface area contributed by atoms with Crippen molar-refractivity contribution in [2.45, 2.75) is 31.0 Å². The fourth-order valence-electron chi connectivity index (χ4n) is 1.36. The summed E-state index contributed by atoms with van der Waals surface area (Å²) in [5.74, 6) is 0. The summed E-state index contributed by atoms with van der Waals surface area (Å²) in [6, 6.07) is 0. The van der Waals surface area contributed by atoms with Crippen LogP contribution in [0, 0.1) is 0 Å². The van der Waals surface area contributed by atoms with Gasteiger partial charge in [0.2, 0.25) is 0 Å². The van der Waals surface area contributed by atoms with Crippen molar-refractivity contribution in [1.29, 1.82) is 0 Å². The summed E-state index contributed by atoms with van der Waals surface area (Å²) in [5.41, 5.74) is 0. The zero-order valence-corrected chi connectivity index (χ0v) is 6.66. The lowest BCUT2D eigenvalue weighted by atomic mass is 10.0. The summed E-state index contributed by atoms with van der Waals surface area (Å²) in [5, 5.41) is 18.4. The Balaban J connectivity index is 0.000000605. The molecule has 2 N–H and O–H groups in total. The minimum atomic E-state index is -0.765. The van der Waals surface area contributed by atoms with E-state index in [4.69, 9.17) is 14.6 Å². The fraction of sp³-hybridized carbons (Fsp3) is 1.00. The van der Waals surface area contributed by atoms with E-state index in [0.29, 0.717) is 13.0 Å². The van der Waals surface area contributed by atoms with Crippen LogP contribution in [0.25, 0.3) is 0 Å². The Morgan fingerprint density at radius 3 is 2.73 bits per heavy atom. The second kappa shape index (κ2) is 3.25. The zero-order valence-electron chi connectivity index (χ0n) is 5.84. The van der Waals surface area contributed by atoms with Crippen LogP contribution in [0.3, 0.4) is 0 Å². The predicted octanol–water partition coefficient (Wildman–Crippen LogP) is -0.725. The Morgan fingerprint density at radius 1 is 1.27 bits per heavy atom. The standard InChI is InChI=1S/C6H10O4.ClH/c7-3-1-5-9-2-4(10-5)6(3)8;/h3-8H,1-2H2;1H. The Hall–Kier alpha value is 0.130. The van der Waals surface area contributed by atoms with E-state index in [2.05, 4.69) is 0 Å². The molecule has 0 spiro atoms. The Bertz CT molecular complexity index is 143. The summed E-state index contributed by atoms with van der Waals surface area (Å²) >= 11 is 0. The second-order valence-electron chi connectivity index (χ2n) is 2.73. The first-order chi connectivity index (χ1) is 4.77. The van der Waals surface area contributed by atoms with Gasteiger partial charge in [0.25, 0.3) is 0 Å². The Kier molecular flexibility index (Phi) is 2.72. The molecule has 0 aromatic rings. The lowest BCUT2D eigenvalue weighted by Crippen LogP contribution is -2.44. The highest BCUT2D eigenvalue weighted by Crippen LogP contribution is 2.26. The van der Waals surface area contributed by atoms with Crippen molar-refractivity contribution < 1.29 is 19.7 Å². The molecular formula is C6H11ClO4. The maximum atomic E-state index is 9.21. The fourth-order valence-corrected chi connectivity index (χ4v) is 1.36. The molecular weight excluding hydrogens is 172 g/mol. The molecule has 4 unspecified atom stereocenters. The number of aliphatic hydroxyl groups is 2. The summed E-state index contributed by atoms with van der Waals surface area (Å²) < 4.78 is 10.2. The van der Waals surface area contributed by atoms with Crippen molar-refractivity contribution in [2.75, 3.05) is 6.61 Å². The van der Waals surface area contributed by atoms with Crippen LogP contribution in [0.5, 0.6) is 0 Å². The molecule has 2 bridgehead atoms. The monoisotopic (exact) mass is 182 g/mol. The maximum absolute atomic E-state index is 9.21. The molecule has 11 heavy (non-hydrogen) atoms. The van der Waals surface area contributed by atoms with E-state index >= 15 is 0 Å². The second-order valence-corrected chi connectivity index (χ2v) is 2.73. The highest BCUT2D eigenvalue weighted by atomic mass is 35.5. The van der Waals surface area contributed by atoms with Gasteiger partial charge in [-0.15, -0.1) is 12.4 Å². The maximum Gasteiger partial charge on any atom is 0.160 e. The molecule has 0 aliphatic carbocycles. The molecule has 2 saturated heterocycles. The lowest BCUT2D eigenvalue weighted by Gasteiger charge is -2.27. The van der Waals surface area contributed by atoms with Crippen LogP contribution in [0.2, 0.25) is 0 Å². The van der Waals surface area contributed by atoms with Crippen molar-refractivity contribution in [3.63, 3.8) is 0 Å². The first-order valence-electron chi connectivity index (χ1n) is 3.40. The molecule has 0 radical (unpaired) electrons. The first kappa shape index (κ1) is 9.22. The molecule has 2 fully saturated rings.